The van der Waals surface area contributed by atoms with Crippen LogP contribution in [-0.4, -0.2) is 34.9 Å². The van der Waals surface area contributed by atoms with Gasteiger partial charge in [-0.3, -0.25) is 4.79 Å². The second-order valence-corrected chi connectivity index (χ2v) is 7.55. The molecule has 0 radical (unpaired) electrons. The molecule has 1 aliphatic rings. The molecule has 0 saturated heterocycles. The van der Waals surface area contributed by atoms with Gasteiger partial charge in [0, 0.05) is 15.7 Å². The van der Waals surface area contributed by atoms with Crippen LogP contribution in [-0.2, 0) is 4.79 Å². The van der Waals surface area contributed by atoms with E-state index in [1.807, 2.05) is 37.3 Å². The van der Waals surface area contributed by atoms with E-state index < -0.39 is 6.04 Å². The number of para-hydroxylation sites is 2. The predicted molar refractivity (Wildman–Crippen MR) is 117 cm³/mol. The second kappa shape index (κ2) is 8.19. The number of hydrogen-bond donors (Lipinski definition) is 2. The zero-order chi connectivity index (χ0) is 21.3. The molecule has 1 atom stereocenters. The Labute approximate surface area is 182 Å². The minimum atomic E-state index is -0.536. The van der Waals surface area contributed by atoms with E-state index in [2.05, 4.69) is 36.6 Å². The number of benzene rings is 2. The molecule has 0 aliphatic carbocycles. The maximum absolute atomic E-state index is 13.5. The van der Waals surface area contributed by atoms with Gasteiger partial charge in [0.05, 0.1) is 25.5 Å². The number of carbonyl (C=O) groups is 1. The lowest BCUT2D eigenvalue weighted by atomic mass is 9.94. The molecular weight excluding hydrogens is 450 g/mol. The maximum atomic E-state index is 13.5. The monoisotopic (exact) mass is 469 g/mol. The van der Waals surface area contributed by atoms with E-state index in [9.17, 15) is 4.79 Å². The zero-order valence-corrected chi connectivity index (χ0v) is 18.2. The number of allylic oxidation sites excluding steroid dienone is 1. The molecule has 0 bridgehead atoms. The van der Waals surface area contributed by atoms with Crippen LogP contribution in [0.5, 0.6) is 11.5 Å². The predicted octanol–water partition coefficient (Wildman–Crippen LogP) is 3.99. The number of nitrogens with one attached hydrogen (secondary N) is 2. The van der Waals surface area contributed by atoms with Crippen molar-refractivity contribution in [2.45, 2.75) is 13.0 Å². The van der Waals surface area contributed by atoms with Crippen molar-refractivity contribution < 1.29 is 14.3 Å². The van der Waals surface area contributed by atoms with E-state index in [0.717, 1.165) is 10.0 Å². The molecule has 4 rings (SSSR count). The number of ether oxygens (including phenoxy) is 2. The van der Waals surface area contributed by atoms with Gasteiger partial charge in [-0.1, -0.05) is 28.1 Å². The number of methoxy groups -OCH3 is 2. The summed E-state index contributed by atoms with van der Waals surface area (Å²) in [4.78, 5) is 17.7. The highest BCUT2D eigenvalue weighted by molar-refractivity contribution is 9.10. The van der Waals surface area contributed by atoms with Crippen molar-refractivity contribution in [1.82, 2.24) is 14.8 Å². The van der Waals surface area contributed by atoms with Crippen molar-refractivity contribution in [2.24, 2.45) is 0 Å². The van der Waals surface area contributed by atoms with E-state index in [0.29, 0.717) is 34.4 Å². The van der Waals surface area contributed by atoms with Crippen LogP contribution in [0.25, 0.3) is 0 Å². The molecule has 2 heterocycles. The highest BCUT2D eigenvalue weighted by Gasteiger charge is 2.35. The number of nitrogens with zero attached hydrogens (tertiary/aromatic N) is 3. The van der Waals surface area contributed by atoms with E-state index in [-0.39, 0.29) is 5.91 Å². The lowest BCUT2D eigenvalue weighted by Crippen LogP contribution is -2.31. The fourth-order valence-corrected chi connectivity index (χ4v) is 3.91. The number of anilines is 2. The van der Waals surface area contributed by atoms with Crippen molar-refractivity contribution in [3.05, 3.63) is 70.1 Å². The summed E-state index contributed by atoms with van der Waals surface area (Å²) in [5.41, 5.74) is 2.53. The standard InChI is InChI=1S/C21H20BrN5O3/c1-12-18(20(28)26-15-6-4-5-7-17(15)30-3)19(27-21(25-12)23-11-24-27)14-10-13(22)8-9-16(14)29-2/h4-11,19H,1-3H3,(H,26,28)(H,23,24,25). The fourth-order valence-electron chi connectivity index (χ4n) is 3.53. The van der Waals surface area contributed by atoms with Crippen LogP contribution in [0.2, 0.25) is 0 Å². The van der Waals surface area contributed by atoms with E-state index in [4.69, 9.17) is 9.47 Å². The molecular formula is C21H20BrN5O3. The normalized spacial score (nSPS) is 15.3. The van der Waals surface area contributed by atoms with Gasteiger partial charge in [0.2, 0.25) is 5.95 Å². The van der Waals surface area contributed by atoms with Gasteiger partial charge in [-0.05, 0) is 37.3 Å². The van der Waals surface area contributed by atoms with E-state index in [1.54, 1.807) is 31.0 Å². The van der Waals surface area contributed by atoms with Crippen molar-refractivity contribution in [3.63, 3.8) is 0 Å². The molecule has 9 heteroatoms. The summed E-state index contributed by atoms with van der Waals surface area (Å²) >= 11 is 3.52. The summed E-state index contributed by atoms with van der Waals surface area (Å²) in [6.45, 7) is 1.84. The molecule has 2 aromatic carbocycles. The first-order valence-electron chi connectivity index (χ1n) is 9.18. The molecule has 8 nitrogen and oxygen atoms in total. The number of amides is 1. The molecule has 1 amide bonds. The topological polar surface area (TPSA) is 90.3 Å². The average molecular weight is 470 g/mol. The highest BCUT2D eigenvalue weighted by Crippen LogP contribution is 2.40. The van der Waals surface area contributed by atoms with Gasteiger partial charge in [-0.2, -0.15) is 10.1 Å². The summed E-state index contributed by atoms with van der Waals surface area (Å²) < 4.78 is 13.5. The molecule has 3 aromatic rings. The maximum Gasteiger partial charge on any atom is 0.255 e. The first-order valence-corrected chi connectivity index (χ1v) is 9.98. The lowest BCUT2D eigenvalue weighted by Gasteiger charge is -2.29. The largest absolute Gasteiger partial charge is 0.496 e. The molecule has 30 heavy (non-hydrogen) atoms. The highest BCUT2D eigenvalue weighted by atomic mass is 79.9. The van der Waals surface area contributed by atoms with Gasteiger partial charge < -0.3 is 20.1 Å². The van der Waals surface area contributed by atoms with Crippen LogP contribution in [0.15, 0.2) is 64.5 Å². The van der Waals surface area contributed by atoms with Crippen LogP contribution in [0.1, 0.15) is 18.5 Å². The Morgan fingerprint density at radius 1 is 1.17 bits per heavy atom. The molecule has 0 saturated carbocycles. The van der Waals surface area contributed by atoms with Crippen LogP contribution in [0.3, 0.4) is 0 Å². The van der Waals surface area contributed by atoms with Crippen LogP contribution < -0.4 is 20.1 Å². The summed E-state index contributed by atoms with van der Waals surface area (Å²) in [6.07, 6.45) is 1.45. The average Bonchev–Trinajstić information content (AvgIpc) is 3.21. The molecule has 2 N–H and O–H groups in total. The summed E-state index contributed by atoms with van der Waals surface area (Å²) in [6, 6.07) is 12.4. The van der Waals surface area contributed by atoms with E-state index in [1.165, 1.54) is 6.33 Å². The number of aromatic nitrogens is 3. The van der Waals surface area contributed by atoms with Crippen LogP contribution in [0.4, 0.5) is 11.6 Å². The minimum Gasteiger partial charge on any atom is -0.496 e. The quantitative estimate of drug-likeness (QED) is 0.587. The molecule has 0 fully saturated rings. The Kier molecular flexibility index (Phi) is 5.45. The van der Waals surface area contributed by atoms with Gasteiger partial charge in [0.25, 0.3) is 5.91 Å². The Bertz CT molecular complexity index is 1140. The second-order valence-electron chi connectivity index (χ2n) is 6.64. The van der Waals surface area contributed by atoms with E-state index >= 15 is 0 Å². The number of halogens is 1. The van der Waals surface area contributed by atoms with Crippen molar-refractivity contribution >= 4 is 33.5 Å². The van der Waals surface area contributed by atoms with Crippen LogP contribution in [0, 0.1) is 0 Å². The smallest absolute Gasteiger partial charge is 0.255 e. The molecule has 154 valence electrons. The third-order valence-electron chi connectivity index (χ3n) is 4.88. The fraction of sp³-hybridized carbons (Fsp3) is 0.190. The number of fused-ring (bicyclic) bond motifs is 1. The molecule has 1 unspecified atom stereocenters. The van der Waals surface area contributed by atoms with Crippen molar-refractivity contribution in [3.8, 4) is 11.5 Å². The van der Waals surface area contributed by atoms with Gasteiger partial charge in [-0.25, -0.2) is 4.68 Å². The Hall–Kier alpha value is -3.33. The molecule has 0 spiro atoms. The van der Waals surface area contributed by atoms with Crippen LogP contribution >= 0.6 is 15.9 Å². The van der Waals surface area contributed by atoms with Gasteiger partial charge >= 0.3 is 0 Å². The third-order valence-corrected chi connectivity index (χ3v) is 5.37. The Morgan fingerprint density at radius 2 is 1.93 bits per heavy atom. The third kappa shape index (κ3) is 3.52. The first-order chi connectivity index (χ1) is 14.5. The summed E-state index contributed by atoms with van der Waals surface area (Å²) in [7, 11) is 3.16. The van der Waals surface area contributed by atoms with Gasteiger partial charge in [0.1, 0.15) is 23.9 Å². The summed E-state index contributed by atoms with van der Waals surface area (Å²) in [5, 5.41) is 10.5. The Morgan fingerprint density at radius 3 is 2.70 bits per heavy atom. The SMILES string of the molecule is COc1ccccc1NC(=O)C1=C(C)Nc2ncnn2C1c1cc(Br)ccc1OC. The van der Waals surface area contributed by atoms with Crippen molar-refractivity contribution in [1.29, 1.82) is 0 Å². The zero-order valence-electron chi connectivity index (χ0n) is 16.6. The van der Waals surface area contributed by atoms with Gasteiger partial charge in [-0.15, -0.1) is 0 Å². The van der Waals surface area contributed by atoms with Crippen molar-refractivity contribution in [2.75, 3.05) is 24.9 Å². The molecule has 1 aromatic heterocycles. The number of carbonyl (C=O) groups excluding carboxylic acids is 1. The minimum absolute atomic E-state index is 0.280. The van der Waals surface area contributed by atoms with Gasteiger partial charge in [0.15, 0.2) is 0 Å². The first kappa shape index (κ1) is 20.0. The Balaban J connectivity index is 1.82. The number of rotatable bonds is 5. The lowest BCUT2D eigenvalue weighted by molar-refractivity contribution is -0.113. The summed E-state index contributed by atoms with van der Waals surface area (Å²) in [5.74, 6) is 1.49. The number of hydrogen-bond acceptors (Lipinski definition) is 6. The molecule has 1 aliphatic heterocycles.